The fourth-order valence-electron chi connectivity index (χ4n) is 2.86. The van der Waals surface area contributed by atoms with Gasteiger partial charge in [0.2, 0.25) is 0 Å². The van der Waals surface area contributed by atoms with E-state index >= 15 is 0 Å². The van der Waals surface area contributed by atoms with Crippen LogP contribution in [-0.2, 0) is 4.79 Å². The molecule has 1 heterocycles. The number of benzene rings is 2. The zero-order valence-corrected chi connectivity index (χ0v) is 13.4. The summed E-state index contributed by atoms with van der Waals surface area (Å²) in [5.74, 6) is -2.19. The molecule has 0 aromatic heterocycles. The lowest BCUT2D eigenvalue weighted by atomic mass is 10.1. The Bertz CT molecular complexity index is 813. The average Bonchev–Trinajstić information content (AvgIpc) is 2.79. The molecule has 1 N–H and O–H groups in total. The summed E-state index contributed by atoms with van der Waals surface area (Å²) in [4.78, 5) is 27.2. The van der Waals surface area contributed by atoms with Crippen molar-refractivity contribution in [3.05, 3.63) is 65.7 Å². The number of urea groups is 1. The molecule has 3 rings (SSSR count). The third-order valence-electron chi connectivity index (χ3n) is 4.16. The van der Waals surface area contributed by atoms with E-state index in [9.17, 15) is 23.5 Å². The summed E-state index contributed by atoms with van der Waals surface area (Å²) in [5.41, 5.74) is 0.381. The maximum absolute atomic E-state index is 13.8. The van der Waals surface area contributed by atoms with Gasteiger partial charge >= 0.3 is 6.03 Å². The van der Waals surface area contributed by atoms with Crippen LogP contribution in [0.5, 0.6) is 0 Å². The van der Waals surface area contributed by atoms with Gasteiger partial charge in [0.1, 0.15) is 17.7 Å². The van der Waals surface area contributed by atoms with Crippen molar-refractivity contribution in [3.63, 3.8) is 0 Å². The van der Waals surface area contributed by atoms with Gasteiger partial charge in [0.15, 0.2) is 0 Å². The molecule has 2 atom stereocenters. The van der Waals surface area contributed by atoms with Crippen LogP contribution in [0.2, 0.25) is 0 Å². The van der Waals surface area contributed by atoms with E-state index in [-0.39, 0.29) is 5.56 Å². The molecule has 1 aliphatic rings. The van der Waals surface area contributed by atoms with E-state index in [0.717, 1.165) is 17.0 Å². The van der Waals surface area contributed by atoms with Crippen molar-refractivity contribution in [3.8, 4) is 0 Å². The lowest BCUT2D eigenvalue weighted by Crippen LogP contribution is -2.36. The van der Waals surface area contributed by atoms with Crippen LogP contribution in [0.25, 0.3) is 0 Å². The molecular weight excluding hydrogens is 330 g/mol. The van der Waals surface area contributed by atoms with Crippen LogP contribution in [-0.4, -0.2) is 34.5 Å². The van der Waals surface area contributed by atoms with Crippen molar-refractivity contribution < 1.29 is 23.5 Å². The molecule has 5 nitrogen and oxygen atoms in total. The van der Waals surface area contributed by atoms with Crippen molar-refractivity contribution in [2.24, 2.45) is 0 Å². The Hall–Kier alpha value is -2.80. The van der Waals surface area contributed by atoms with E-state index in [4.69, 9.17) is 0 Å². The van der Waals surface area contributed by atoms with Gasteiger partial charge in [-0.25, -0.2) is 13.6 Å². The molecule has 1 aliphatic heterocycles. The molecule has 25 heavy (non-hydrogen) atoms. The van der Waals surface area contributed by atoms with Gasteiger partial charge in [0.05, 0.1) is 12.6 Å². The van der Waals surface area contributed by atoms with Crippen molar-refractivity contribution in [1.82, 2.24) is 4.90 Å². The van der Waals surface area contributed by atoms with Gasteiger partial charge in [-0.1, -0.05) is 24.3 Å². The first kappa shape index (κ1) is 17.0. The summed E-state index contributed by atoms with van der Waals surface area (Å²) in [6.07, 6.45) is -1.45. The van der Waals surface area contributed by atoms with Gasteiger partial charge in [-0.3, -0.25) is 14.6 Å². The van der Waals surface area contributed by atoms with Crippen LogP contribution < -0.4 is 4.90 Å². The molecule has 0 radical (unpaired) electrons. The first-order valence-electron chi connectivity index (χ1n) is 7.72. The minimum atomic E-state index is -1.45. The van der Waals surface area contributed by atoms with Gasteiger partial charge in [-0.05, 0) is 25.1 Å². The Labute approximate surface area is 143 Å². The van der Waals surface area contributed by atoms with Crippen LogP contribution >= 0.6 is 0 Å². The summed E-state index contributed by atoms with van der Waals surface area (Å²) in [7, 11) is 0. The molecule has 1 fully saturated rings. The SMILES string of the molecule is C[C@H]1C(=O)N(C[C@@H](O)c2ccc(F)cc2F)C(=O)N1c1ccccc1. The number of anilines is 1. The Balaban J connectivity index is 1.83. The number of hydrogen-bond acceptors (Lipinski definition) is 3. The van der Waals surface area contributed by atoms with E-state index in [1.54, 1.807) is 37.3 Å². The Morgan fingerprint density at radius 2 is 1.80 bits per heavy atom. The first-order chi connectivity index (χ1) is 11.9. The van der Waals surface area contributed by atoms with Crippen molar-refractivity contribution in [2.45, 2.75) is 19.1 Å². The second-order valence-corrected chi connectivity index (χ2v) is 5.79. The van der Waals surface area contributed by atoms with Gasteiger partial charge in [0, 0.05) is 17.3 Å². The van der Waals surface area contributed by atoms with Crippen LogP contribution in [0.4, 0.5) is 19.3 Å². The maximum atomic E-state index is 13.8. The number of aliphatic hydroxyl groups excluding tert-OH is 1. The number of hydrogen-bond donors (Lipinski definition) is 1. The number of para-hydroxylation sites is 1. The normalized spacial score (nSPS) is 18.8. The summed E-state index contributed by atoms with van der Waals surface area (Å²) in [6.45, 7) is 1.17. The highest BCUT2D eigenvalue weighted by Crippen LogP contribution is 2.28. The van der Waals surface area contributed by atoms with Gasteiger partial charge < -0.3 is 5.11 Å². The van der Waals surface area contributed by atoms with E-state index in [1.165, 1.54) is 4.90 Å². The molecule has 0 aliphatic carbocycles. The van der Waals surface area contributed by atoms with Crippen LogP contribution in [0.1, 0.15) is 18.6 Å². The minimum absolute atomic E-state index is 0.173. The Kier molecular flexibility index (Phi) is 4.50. The zero-order valence-electron chi connectivity index (χ0n) is 13.4. The van der Waals surface area contributed by atoms with Crippen LogP contribution in [0.15, 0.2) is 48.5 Å². The lowest BCUT2D eigenvalue weighted by molar-refractivity contribution is -0.128. The monoisotopic (exact) mass is 346 g/mol. The molecule has 0 unspecified atom stereocenters. The van der Waals surface area contributed by atoms with Crippen molar-refractivity contribution in [2.75, 3.05) is 11.4 Å². The quantitative estimate of drug-likeness (QED) is 0.866. The number of halogens is 2. The fraction of sp³-hybridized carbons (Fsp3) is 0.222. The zero-order chi connectivity index (χ0) is 18.1. The minimum Gasteiger partial charge on any atom is -0.386 e. The van der Waals surface area contributed by atoms with Crippen molar-refractivity contribution >= 4 is 17.6 Å². The number of aliphatic hydroxyl groups is 1. The third kappa shape index (κ3) is 3.10. The topological polar surface area (TPSA) is 60.9 Å². The molecule has 0 spiro atoms. The number of amides is 3. The number of nitrogens with zero attached hydrogens (tertiary/aromatic N) is 2. The lowest BCUT2D eigenvalue weighted by Gasteiger charge is -2.21. The van der Waals surface area contributed by atoms with E-state index in [1.807, 2.05) is 0 Å². The van der Waals surface area contributed by atoms with Crippen molar-refractivity contribution in [1.29, 1.82) is 0 Å². The molecular formula is C18H16F2N2O3. The Morgan fingerprint density at radius 3 is 2.44 bits per heavy atom. The second-order valence-electron chi connectivity index (χ2n) is 5.79. The maximum Gasteiger partial charge on any atom is 0.332 e. The fourth-order valence-corrected chi connectivity index (χ4v) is 2.86. The summed E-state index contributed by atoms with van der Waals surface area (Å²) < 4.78 is 26.8. The molecule has 3 amide bonds. The highest BCUT2D eigenvalue weighted by Gasteiger charge is 2.44. The number of rotatable bonds is 4. The molecule has 0 bridgehead atoms. The molecule has 1 saturated heterocycles. The van der Waals surface area contributed by atoms with Gasteiger partial charge in [-0.15, -0.1) is 0 Å². The molecule has 2 aromatic carbocycles. The molecule has 0 saturated carbocycles. The number of imide groups is 1. The molecule has 2 aromatic rings. The van der Waals surface area contributed by atoms with E-state index < -0.39 is 42.3 Å². The van der Waals surface area contributed by atoms with Crippen LogP contribution in [0, 0.1) is 11.6 Å². The van der Waals surface area contributed by atoms with E-state index in [2.05, 4.69) is 0 Å². The number of carbonyl (C=O) groups is 2. The van der Waals surface area contributed by atoms with Gasteiger partial charge in [-0.2, -0.15) is 0 Å². The number of carbonyl (C=O) groups excluding carboxylic acids is 2. The summed E-state index contributed by atoms with van der Waals surface area (Å²) in [5, 5.41) is 10.2. The van der Waals surface area contributed by atoms with Gasteiger partial charge in [0.25, 0.3) is 5.91 Å². The largest absolute Gasteiger partial charge is 0.386 e. The highest BCUT2D eigenvalue weighted by molar-refractivity contribution is 6.14. The third-order valence-corrected chi connectivity index (χ3v) is 4.16. The predicted molar refractivity (Wildman–Crippen MR) is 86.8 cm³/mol. The number of β-amino-alcohol motifs (C(OH)–C–C–N with tert-alkyl or cyclic N) is 1. The highest BCUT2D eigenvalue weighted by atomic mass is 19.1. The predicted octanol–water partition coefficient (Wildman–Crippen LogP) is 2.86. The summed E-state index contributed by atoms with van der Waals surface area (Å²) in [6, 6.07) is 10.1. The average molecular weight is 346 g/mol. The molecule has 7 heteroatoms. The van der Waals surface area contributed by atoms with Crippen LogP contribution in [0.3, 0.4) is 0 Å². The molecule has 130 valence electrons. The summed E-state index contributed by atoms with van der Waals surface area (Å²) >= 11 is 0. The standard InChI is InChI=1S/C18H16F2N2O3/c1-11-17(24)21(18(25)22(11)13-5-3-2-4-6-13)10-16(23)14-8-7-12(19)9-15(14)20/h2-9,11,16,23H,10H2,1H3/t11-,16+/m0/s1. The smallest absolute Gasteiger partial charge is 0.332 e. The first-order valence-corrected chi connectivity index (χ1v) is 7.72. The Morgan fingerprint density at radius 1 is 1.12 bits per heavy atom. The second kappa shape index (κ2) is 6.60. The van der Waals surface area contributed by atoms with E-state index in [0.29, 0.717) is 11.8 Å².